The number of nitro groups is 1. The highest BCUT2D eigenvalue weighted by Gasteiger charge is 2.26. The van der Waals surface area contributed by atoms with Crippen LogP contribution in [-0.4, -0.2) is 36.6 Å². The van der Waals surface area contributed by atoms with Crippen molar-refractivity contribution in [2.45, 2.75) is 37.5 Å². The molecule has 0 aliphatic carbocycles. The number of benzene rings is 2. The topological polar surface area (TPSA) is 110 Å². The number of nitro benzene ring substituents is 1. The summed E-state index contributed by atoms with van der Waals surface area (Å²) in [6, 6.07) is 10.1. The Morgan fingerprint density at radius 1 is 1.07 bits per heavy atom. The summed E-state index contributed by atoms with van der Waals surface area (Å²) in [5.74, 6) is -0.526. The molecule has 1 N–H and O–H groups in total. The first-order valence-corrected chi connectivity index (χ1v) is 10.9. The minimum absolute atomic E-state index is 0.0721. The molecular formula is C20H23N3O5S. The van der Waals surface area contributed by atoms with Crippen molar-refractivity contribution < 1.29 is 18.1 Å². The van der Waals surface area contributed by atoms with Crippen LogP contribution in [0.2, 0.25) is 0 Å². The number of sulfonamides is 1. The van der Waals surface area contributed by atoms with E-state index in [9.17, 15) is 23.3 Å². The number of amides is 1. The molecule has 3 rings (SSSR count). The van der Waals surface area contributed by atoms with Crippen LogP contribution in [0.1, 0.15) is 41.6 Å². The zero-order valence-corrected chi connectivity index (χ0v) is 16.9. The zero-order chi connectivity index (χ0) is 21.0. The fourth-order valence-electron chi connectivity index (χ4n) is 3.28. The van der Waals surface area contributed by atoms with Gasteiger partial charge in [0.25, 0.3) is 11.6 Å². The lowest BCUT2D eigenvalue weighted by molar-refractivity contribution is -0.384. The number of nitrogens with zero attached hydrogens (tertiary/aromatic N) is 2. The first-order chi connectivity index (χ1) is 13.8. The van der Waals surface area contributed by atoms with Gasteiger partial charge in [-0.05, 0) is 43.5 Å². The van der Waals surface area contributed by atoms with Gasteiger partial charge < -0.3 is 5.32 Å². The van der Waals surface area contributed by atoms with Crippen molar-refractivity contribution in [3.8, 4) is 0 Å². The van der Waals surface area contributed by atoms with Crippen molar-refractivity contribution in [1.82, 2.24) is 4.31 Å². The van der Waals surface area contributed by atoms with E-state index in [2.05, 4.69) is 5.32 Å². The predicted molar refractivity (Wildman–Crippen MR) is 109 cm³/mol. The molecule has 1 aliphatic rings. The summed E-state index contributed by atoms with van der Waals surface area (Å²) in [6.45, 7) is 2.68. The Morgan fingerprint density at radius 2 is 1.76 bits per heavy atom. The first-order valence-electron chi connectivity index (χ1n) is 9.45. The Hall–Kier alpha value is -2.78. The summed E-state index contributed by atoms with van der Waals surface area (Å²) in [5, 5.41) is 13.6. The van der Waals surface area contributed by atoms with Gasteiger partial charge in [0.15, 0.2) is 0 Å². The number of anilines is 1. The molecule has 1 saturated heterocycles. The Kier molecular flexibility index (Phi) is 6.29. The molecule has 0 aromatic heterocycles. The van der Waals surface area contributed by atoms with E-state index in [1.54, 1.807) is 13.0 Å². The van der Waals surface area contributed by atoms with Gasteiger partial charge in [0.1, 0.15) is 0 Å². The number of aryl methyl sites for hydroxylation is 1. The van der Waals surface area contributed by atoms with Crippen LogP contribution in [-0.2, 0) is 10.0 Å². The van der Waals surface area contributed by atoms with Crippen molar-refractivity contribution in [3.63, 3.8) is 0 Å². The monoisotopic (exact) mass is 417 g/mol. The van der Waals surface area contributed by atoms with Crippen LogP contribution in [0.5, 0.6) is 0 Å². The Labute approximate surface area is 169 Å². The molecule has 2 aromatic rings. The highest BCUT2D eigenvalue weighted by atomic mass is 32.2. The lowest BCUT2D eigenvalue weighted by Gasteiger charge is -2.20. The van der Waals surface area contributed by atoms with Gasteiger partial charge >= 0.3 is 0 Å². The highest BCUT2D eigenvalue weighted by molar-refractivity contribution is 7.89. The van der Waals surface area contributed by atoms with E-state index in [-0.39, 0.29) is 16.1 Å². The minimum atomic E-state index is -3.68. The summed E-state index contributed by atoms with van der Waals surface area (Å²) in [6.07, 6.45) is 3.67. The summed E-state index contributed by atoms with van der Waals surface area (Å²) >= 11 is 0. The van der Waals surface area contributed by atoms with E-state index < -0.39 is 20.9 Å². The maximum Gasteiger partial charge on any atom is 0.271 e. The average Bonchev–Trinajstić information content (AvgIpc) is 2.99. The van der Waals surface area contributed by atoms with E-state index in [0.29, 0.717) is 24.3 Å². The van der Waals surface area contributed by atoms with Crippen LogP contribution >= 0.6 is 0 Å². The number of carbonyl (C=O) groups excluding carboxylic acids is 1. The van der Waals surface area contributed by atoms with Crippen molar-refractivity contribution >= 4 is 27.3 Å². The number of carbonyl (C=O) groups is 1. The second kappa shape index (κ2) is 8.71. The molecule has 29 heavy (non-hydrogen) atoms. The molecule has 1 fully saturated rings. The van der Waals surface area contributed by atoms with Crippen LogP contribution in [0.3, 0.4) is 0 Å². The summed E-state index contributed by atoms with van der Waals surface area (Å²) < 4.78 is 27.4. The Balaban J connectivity index is 1.85. The van der Waals surface area contributed by atoms with Crippen LogP contribution < -0.4 is 5.32 Å². The summed E-state index contributed by atoms with van der Waals surface area (Å²) in [7, 11) is -3.68. The molecule has 1 heterocycles. The molecule has 0 unspecified atom stereocenters. The fraction of sp³-hybridized carbons (Fsp3) is 0.350. The van der Waals surface area contributed by atoms with Crippen LogP contribution in [0.25, 0.3) is 0 Å². The van der Waals surface area contributed by atoms with Crippen LogP contribution in [0.15, 0.2) is 47.4 Å². The number of hydrogen-bond donors (Lipinski definition) is 1. The third-order valence-corrected chi connectivity index (χ3v) is 6.87. The fourth-order valence-corrected chi connectivity index (χ4v) is 4.85. The molecule has 0 radical (unpaired) electrons. The lowest BCUT2D eigenvalue weighted by Crippen LogP contribution is -2.32. The van der Waals surface area contributed by atoms with Gasteiger partial charge in [0.2, 0.25) is 10.0 Å². The highest BCUT2D eigenvalue weighted by Crippen LogP contribution is 2.24. The van der Waals surface area contributed by atoms with Crippen LogP contribution in [0.4, 0.5) is 11.4 Å². The third kappa shape index (κ3) is 4.80. The smallest absolute Gasteiger partial charge is 0.271 e. The number of nitrogens with one attached hydrogen (secondary N) is 1. The number of non-ortho nitro benzene ring substituents is 1. The van der Waals surface area contributed by atoms with Crippen LogP contribution in [0, 0.1) is 17.0 Å². The van der Waals surface area contributed by atoms with Crippen molar-refractivity contribution in [1.29, 1.82) is 0 Å². The first kappa shape index (κ1) is 20.9. The summed E-state index contributed by atoms with van der Waals surface area (Å²) in [5.41, 5.74) is 1.01. The second-order valence-electron chi connectivity index (χ2n) is 7.06. The van der Waals surface area contributed by atoms with Crippen molar-refractivity contribution in [2.75, 3.05) is 18.4 Å². The average molecular weight is 417 g/mol. The molecule has 0 spiro atoms. The molecule has 154 valence electrons. The van der Waals surface area contributed by atoms with Gasteiger partial charge in [-0.2, -0.15) is 4.31 Å². The quantitative estimate of drug-likeness (QED) is 0.589. The van der Waals surface area contributed by atoms with E-state index >= 15 is 0 Å². The van der Waals surface area contributed by atoms with Gasteiger partial charge in [0.05, 0.1) is 15.5 Å². The second-order valence-corrected chi connectivity index (χ2v) is 8.99. The number of rotatable bonds is 5. The minimum Gasteiger partial charge on any atom is -0.321 e. The molecule has 8 nitrogen and oxygen atoms in total. The Morgan fingerprint density at radius 3 is 2.41 bits per heavy atom. The normalized spacial score (nSPS) is 15.5. The summed E-state index contributed by atoms with van der Waals surface area (Å²) in [4.78, 5) is 23.2. The van der Waals surface area contributed by atoms with Gasteiger partial charge in [-0.1, -0.05) is 25.0 Å². The van der Waals surface area contributed by atoms with Gasteiger partial charge in [0, 0.05) is 30.8 Å². The van der Waals surface area contributed by atoms with E-state index in [4.69, 9.17) is 0 Å². The van der Waals surface area contributed by atoms with Crippen molar-refractivity contribution in [2.24, 2.45) is 0 Å². The van der Waals surface area contributed by atoms with Crippen molar-refractivity contribution in [3.05, 3.63) is 63.7 Å². The SMILES string of the molecule is Cc1ccc([N+](=O)[O-])cc1NC(=O)c1cccc(S(=O)(=O)N2CCCCCC2)c1. The Bertz CT molecular complexity index is 1030. The van der Waals surface area contributed by atoms with Gasteiger partial charge in [-0.25, -0.2) is 8.42 Å². The molecule has 0 bridgehead atoms. The number of hydrogen-bond acceptors (Lipinski definition) is 5. The van der Waals surface area contributed by atoms with E-state index in [1.165, 1.54) is 40.7 Å². The predicted octanol–water partition coefficient (Wildman–Crippen LogP) is 3.72. The molecule has 2 aromatic carbocycles. The van der Waals surface area contributed by atoms with E-state index in [1.807, 2.05) is 0 Å². The largest absolute Gasteiger partial charge is 0.321 e. The molecule has 0 atom stereocenters. The molecular weight excluding hydrogens is 394 g/mol. The van der Waals surface area contributed by atoms with E-state index in [0.717, 1.165) is 25.7 Å². The maximum atomic E-state index is 13.0. The molecule has 1 amide bonds. The van der Waals surface area contributed by atoms with Gasteiger partial charge in [-0.15, -0.1) is 0 Å². The molecule has 0 saturated carbocycles. The maximum absolute atomic E-state index is 13.0. The lowest BCUT2D eigenvalue weighted by atomic mass is 10.1. The zero-order valence-electron chi connectivity index (χ0n) is 16.1. The molecule has 9 heteroatoms. The third-order valence-electron chi connectivity index (χ3n) is 4.98. The van der Waals surface area contributed by atoms with Gasteiger partial charge in [-0.3, -0.25) is 14.9 Å². The standard InChI is InChI=1S/C20H23N3O5S/c1-15-9-10-17(23(25)26)14-19(15)21-20(24)16-7-6-8-18(13-16)29(27,28)22-11-4-2-3-5-12-22/h6-10,13-14H,2-5,11-12H2,1H3,(H,21,24). The molecule has 1 aliphatic heterocycles.